The zero-order chi connectivity index (χ0) is 24.5. The number of piperidine rings is 1. The largest absolute Gasteiger partial charge is 0.385 e. The van der Waals surface area contributed by atoms with Crippen LogP contribution in [0.5, 0.6) is 0 Å². The summed E-state index contributed by atoms with van der Waals surface area (Å²) in [5.74, 6) is -1.37. The summed E-state index contributed by atoms with van der Waals surface area (Å²) in [4.78, 5) is 40.4. The molecular weight excluding hydrogens is 437 g/mol. The molecule has 182 valence electrons. The van der Waals surface area contributed by atoms with E-state index in [0.29, 0.717) is 56.6 Å². The van der Waals surface area contributed by atoms with Gasteiger partial charge < -0.3 is 20.3 Å². The van der Waals surface area contributed by atoms with Crippen LogP contribution in [0.25, 0.3) is 0 Å². The SMILES string of the molecule is COCCCNC(=O)[C@@H](NC(=O)c1cccc(C)c1)C1CCN(C(=O)c2cccc(F)c2)CC1. The second-order valence-corrected chi connectivity index (χ2v) is 8.60. The Kier molecular flexibility index (Phi) is 9.16. The highest BCUT2D eigenvalue weighted by Gasteiger charge is 2.34. The number of halogens is 1. The van der Waals surface area contributed by atoms with Crippen LogP contribution < -0.4 is 10.6 Å². The van der Waals surface area contributed by atoms with Crippen LogP contribution in [0, 0.1) is 18.7 Å². The van der Waals surface area contributed by atoms with Crippen molar-refractivity contribution in [1.82, 2.24) is 15.5 Å². The number of benzene rings is 2. The molecular formula is C26H32FN3O4. The highest BCUT2D eigenvalue weighted by atomic mass is 19.1. The Morgan fingerprint density at radius 1 is 1.09 bits per heavy atom. The van der Waals surface area contributed by atoms with E-state index >= 15 is 0 Å². The second-order valence-electron chi connectivity index (χ2n) is 8.60. The molecule has 7 nitrogen and oxygen atoms in total. The fourth-order valence-corrected chi connectivity index (χ4v) is 4.19. The summed E-state index contributed by atoms with van der Waals surface area (Å²) >= 11 is 0. The van der Waals surface area contributed by atoms with Crippen molar-refractivity contribution in [2.75, 3.05) is 33.4 Å². The Morgan fingerprint density at radius 3 is 2.47 bits per heavy atom. The highest BCUT2D eigenvalue weighted by molar-refractivity contribution is 5.98. The van der Waals surface area contributed by atoms with Gasteiger partial charge in [-0.2, -0.15) is 0 Å². The van der Waals surface area contributed by atoms with Gasteiger partial charge >= 0.3 is 0 Å². The number of amides is 3. The topological polar surface area (TPSA) is 87.7 Å². The van der Waals surface area contributed by atoms with Crippen molar-refractivity contribution in [3.05, 3.63) is 71.0 Å². The molecule has 3 amide bonds. The number of hydrogen-bond donors (Lipinski definition) is 2. The average Bonchev–Trinajstić information content (AvgIpc) is 2.84. The number of carbonyl (C=O) groups is 3. The van der Waals surface area contributed by atoms with Crippen LogP contribution in [0.2, 0.25) is 0 Å². The van der Waals surface area contributed by atoms with E-state index in [9.17, 15) is 18.8 Å². The number of ether oxygens (including phenoxy) is 1. The van der Waals surface area contributed by atoms with E-state index in [1.54, 1.807) is 36.3 Å². The van der Waals surface area contributed by atoms with Crippen molar-refractivity contribution >= 4 is 17.7 Å². The molecule has 0 aromatic heterocycles. The highest BCUT2D eigenvalue weighted by Crippen LogP contribution is 2.23. The molecule has 1 saturated heterocycles. The lowest BCUT2D eigenvalue weighted by Gasteiger charge is -2.36. The molecule has 1 aliphatic rings. The summed E-state index contributed by atoms with van der Waals surface area (Å²) in [6.45, 7) is 3.73. The van der Waals surface area contributed by atoms with Gasteiger partial charge in [-0.1, -0.05) is 23.8 Å². The van der Waals surface area contributed by atoms with Crippen molar-refractivity contribution in [2.24, 2.45) is 5.92 Å². The van der Waals surface area contributed by atoms with Gasteiger partial charge in [0.25, 0.3) is 11.8 Å². The van der Waals surface area contributed by atoms with Crippen LogP contribution in [0.15, 0.2) is 48.5 Å². The fourth-order valence-electron chi connectivity index (χ4n) is 4.19. The summed E-state index contributed by atoms with van der Waals surface area (Å²) in [5.41, 5.74) is 1.76. The average molecular weight is 470 g/mol. The summed E-state index contributed by atoms with van der Waals surface area (Å²) in [6, 6.07) is 12.1. The Morgan fingerprint density at radius 2 is 1.79 bits per heavy atom. The first-order valence-electron chi connectivity index (χ1n) is 11.6. The maximum Gasteiger partial charge on any atom is 0.253 e. The summed E-state index contributed by atoms with van der Waals surface area (Å²) in [7, 11) is 1.60. The maximum absolute atomic E-state index is 13.5. The smallest absolute Gasteiger partial charge is 0.253 e. The van der Waals surface area contributed by atoms with Crippen LogP contribution in [-0.4, -0.2) is 62.0 Å². The first kappa shape index (κ1) is 25.4. The van der Waals surface area contributed by atoms with Crippen molar-refractivity contribution in [3.8, 4) is 0 Å². The number of nitrogens with zero attached hydrogens (tertiary/aromatic N) is 1. The van der Waals surface area contributed by atoms with E-state index in [-0.39, 0.29) is 23.6 Å². The van der Waals surface area contributed by atoms with Crippen molar-refractivity contribution in [1.29, 1.82) is 0 Å². The normalized spacial score (nSPS) is 15.0. The molecule has 0 aliphatic carbocycles. The minimum Gasteiger partial charge on any atom is -0.385 e. The second kappa shape index (κ2) is 12.3. The quantitative estimate of drug-likeness (QED) is 0.553. The van der Waals surface area contributed by atoms with Gasteiger partial charge in [-0.05, 0) is 62.4 Å². The van der Waals surface area contributed by atoms with Crippen LogP contribution >= 0.6 is 0 Å². The molecule has 0 saturated carbocycles. The molecule has 0 unspecified atom stereocenters. The Labute approximate surface area is 199 Å². The first-order valence-corrected chi connectivity index (χ1v) is 11.6. The Balaban J connectivity index is 1.67. The van der Waals surface area contributed by atoms with E-state index in [1.165, 1.54) is 18.2 Å². The van der Waals surface area contributed by atoms with E-state index < -0.39 is 11.9 Å². The minimum atomic E-state index is -0.720. The van der Waals surface area contributed by atoms with Gasteiger partial charge in [-0.25, -0.2) is 4.39 Å². The number of carbonyl (C=O) groups excluding carboxylic acids is 3. The lowest BCUT2D eigenvalue weighted by molar-refractivity contribution is -0.124. The molecule has 0 bridgehead atoms. The maximum atomic E-state index is 13.5. The number of nitrogens with one attached hydrogen (secondary N) is 2. The van der Waals surface area contributed by atoms with Gasteiger partial charge in [0.05, 0.1) is 0 Å². The zero-order valence-electron chi connectivity index (χ0n) is 19.7. The number of hydrogen-bond acceptors (Lipinski definition) is 4. The van der Waals surface area contributed by atoms with Gasteiger partial charge in [0, 0.05) is 44.5 Å². The van der Waals surface area contributed by atoms with E-state index in [4.69, 9.17) is 4.74 Å². The molecule has 1 fully saturated rings. The monoisotopic (exact) mass is 469 g/mol. The van der Waals surface area contributed by atoms with Crippen LogP contribution in [-0.2, 0) is 9.53 Å². The number of aryl methyl sites for hydroxylation is 1. The van der Waals surface area contributed by atoms with Crippen molar-refractivity contribution in [2.45, 2.75) is 32.2 Å². The third-order valence-corrected chi connectivity index (χ3v) is 6.04. The van der Waals surface area contributed by atoms with Gasteiger partial charge in [0.2, 0.25) is 5.91 Å². The fraction of sp³-hybridized carbons (Fsp3) is 0.423. The lowest BCUT2D eigenvalue weighted by Crippen LogP contribution is -2.54. The molecule has 1 aliphatic heterocycles. The number of likely N-dealkylation sites (tertiary alicyclic amines) is 1. The summed E-state index contributed by atoms with van der Waals surface area (Å²) in [6.07, 6.45) is 1.76. The Hall–Kier alpha value is -3.26. The van der Waals surface area contributed by atoms with Crippen LogP contribution in [0.3, 0.4) is 0 Å². The van der Waals surface area contributed by atoms with Gasteiger partial charge in [-0.15, -0.1) is 0 Å². The predicted molar refractivity (Wildman–Crippen MR) is 127 cm³/mol. The van der Waals surface area contributed by atoms with Crippen molar-refractivity contribution < 1.29 is 23.5 Å². The molecule has 8 heteroatoms. The predicted octanol–water partition coefficient (Wildman–Crippen LogP) is 2.94. The molecule has 3 rings (SSSR count). The van der Waals surface area contributed by atoms with Gasteiger partial charge in [-0.3, -0.25) is 14.4 Å². The lowest BCUT2D eigenvalue weighted by atomic mass is 9.88. The van der Waals surface area contributed by atoms with E-state index in [0.717, 1.165) is 5.56 Å². The third kappa shape index (κ3) is 6.87. The molecule has 2 N–H and O–H groups in total. The molecule has 1 atom stereocenters. The van der Waals surface area contributed by atoms with Gasteiger partial charge in [0.15, 0.2) is 0 Å². The van der Waals surface area contributed by atoms with E-state index in [2.05, 4.69) is 10.6 Å². The molecule has 1 heterocycles. The Bertz CT molecular complexity index is 1010. The van der Waals surface area contributed by atoms with Crippen LogP contribution in [0.4, 0.5) is 4.39 Å². The number of rotatable bonds is 9. The standard InChI is InChI=1S/C26H32FN3O4/c1-18-6-3-7-20(16-18)24(31)29-23(25(32)28-12-5-15-34-2)19-10-13-30(14-11-19)26(33)21-8-4-9-22(27)17-21/h3-4,6-9,16-17,19,23H,5,10-15H2,1-2H3,(H,28,32)(H,29,31)/t23-/m0/s1. The minimum absolute atomic E-state index is 0.132. The molecule has 2 aromatic rings. The van der Waals surface area contributed by atoms with Crippen molar-refractivity contribution in [3.63, 3.8) is 0 Å². The van der Waals surface area contributed by atoms with Crippen LogP contribution in [0.1, 0.15) is 45.5 Å². The summed E-state index contributed by atoms with van der Waals surface area (Å²) < 4.78 is 18.6. The summed E-state index contributed by atoms with van der Waals surface area (Å²) in [5, 5.41) is 5.81. The first-order chi connectivity index (χ1) is 16.4. The number of methoxy groups -OCH3 is 1. The third-order valence-electron chi connectivity index (χ3n) is 6.04. The molecule has 0 radical (unpaired) electrons. The molecule has 2 aromatic carbocycles. The zero-order valence-corrected chi connectivity index (χ0v) is 19.7. The molecule has 34 heavy (non-hydrogen) atoms. The molecule has 0 spiro atoms. The van der Waals surface area contributed by atoms with Gasteiger partial charge in [0.1, 0.15) is 11.9 Å². The van der Waals surface area contributed by atoms with E-state index in [1.807, 2.05) is 13.0 Å².